The molecule has 98 valence electrons. The summed E-state index contributed by atoms with van der Waals surface area (Å²) in [7, 11) is 0. The van der Waals surface area contributed by atoms with Crippen molar-refractivity contribution in [3.05, 3.63) is 70.3 Å². The van der Waals surface area contributed by atoms with Crippen LogP contribution in [0.5, 0.6) is 0 Å². The Labute approximate surface area is 135 Å². The molecule has 5 aromatic carbocycles. The van der Waals surface area contributed by atoms with Gasteiger partial charge in [0.2, 0.25) is 0 Å². The molecule has 5 rings (SSSR count). The minimum Gasteiger partial charge on any atom is -0.0610 e. The zero-order valence-corrected chi connectivity index (χ0v) is 13.4. The largest absolute Gasteiger partial charge is 0.0610 e. The van der Waals surface area contributed by atoms with Crippen molar-refractivity contribution in [2.75, 3.05) is 0 Å². The van der Waals surface area contributed by atoms with E-state index in [1.54, 1.807) is 0 Å². The Morgan fingerprint density at radius 1 is 0.476 bits per heavy atom. The van der Waals surface area contributed by atoms with Gasteiger partial charge in [0.1, 0.15) is 0 Å². The van der Waals surface area contributed by atoms with Gasteiger partial charge in [0.15, 0.2) is 0 Å². The van der Waals surface area contributed by atoms with Gasteiger partial charge in [-0.15, -0.1) is 0 Å². The van der Waals surface area contributed by atoms with Crippen molar-refractivity contribution in [3.63, 3.8) is 0 Å². The molecule has 1 heteroatoms. The van der Waals surface area contributed by atoms with Crippen LogP contribution in [0, 0.1) is 3.57 Å². The minimum absolute atomic E-state index is 1.32. The molecule has 5 aromatic rings. The Hall–Kier alpha value is -1.87. The van der Waals surface area contributed by atoms with E-state index in [2.05, 4.69) is 89.3 Å². The molecule has 0 heterocycles. The molecule has 0 amide bonds. The fourth-order valence-electron chi connectivity index (χ4n) is 3.61. The maximum absolute atomic E-state index is 2.44. The predicted molar refractivity (Wildman–Crippen MR) is 100 cm³/mol. The third kappa shape index (κ3) is 1.45. The first-order valence-electron chi connectivity index (χ1n) is 7.08. The summed E-state index contributed by atoms with van der Waals surface area (Å²) in [6.45, 7) is 0. The molecule has 0 aliphatic rings. The molecule has 0 aromatic heterocycles. The molecule has 0 bridgehead atoms. The van der Waals surface area contributed by atoms with Crippen LogP contribution < -0.4 is 0 Å². The van der Waals surface area contributed by atoms with Gasteiger partial charge >= 0.3 is 0 Å². The molecule has 0 unspecified atom stereocenters. The molecule has 0 saturated carbocycles. The molecule has 0 fully saturated rings. The normalized spacial score (nSPS) is 12.0. The molecule has 21 heavy (non-hydrogen) atoms. The highest BCUT2D eigenvalue weighted by Gasteiger charge is 2.12. The number of benzene rings is 5. The van der Waals surface area contributed by atoms with Crippen LogP contribution in [0.25, 0.3) is 43.1 Å². The van der Waals surface area contributed by atoms with E-state index in [1.807, 2.05) is 0 Å². The Kier molecular flexibility index (Phi) is 2.28. The topological polar surface area (TPSA) is 0 Å². The second kappa shape index (κ2) is 4.08. The van der Waals surface area contributed by atoms with Gasteiger partial charge in [-0.3, -0.25) is 0 Å². The van der Waals surface area contributed by atoms with Crippen LogP contribution in [0.3, 0.4) is 0 Å². The Morgan fingerprint density at radius 2 is 1.00 bits per heavy atom. The van der Waals surface area contributed by atoms with E-state index >= 15 is 0 Å². The van der Waals surface area contributed by atoms with Crippen molar-refractivity contribution < 1.29 is 0 Å². The minimum atomic E-state index is 1.32. The first kappa shape index (κ1) is 11.8. The van der Waals surface area contributed by atoms with Gasteiger partial charge in [-0.1, -0.05) is 60.7 Å². The van der Waals surface area contributed by atoms with Crippen LogP contribution >= 0.6 is 22.6 Å². The van der Waals surface area contributed by atoms with Gasteiger partial charge in [0.25, 0.3) is 0 Å². The van der Waals surface area contributed by atoms with Crippen LogP contribution in [0.1, 0.15) is 0 Å². The van der Waals surface area contributed by atoms with E-state index in [0.717, 1.165) is 0 Å². The van der Waals surface area contributed by atoms with Crippen LogP contribution in [-0.2, 0) is 0 Å². The summed E-state index contributed by atoms with van der Waals surface area (Å²) in [5.74, 6) is 0. The Balaban J connectivity index is 2.29. The van der Waals surface area contributed by atoms with Crippen molar-refractivity contribution in [2.45, 2.75) is 0 Å². The lowest BCUT2D eigenvalue weighted by Gasteiger charge is -2.14. The lowest BCUT2D eigenvalue weighted by Crippen LogP contribution is -1.87. The summed E-state index contributed by atoms with van der Waals surface area (Å²) < 4.78 is 1.32. The van der Waals surface area contributed by atoms with Crippen molar-refractivity contribution in [2.24, 2.45) is 0 Å². The van der Waals surface area contributed by atoms with E-state index in [0.29, 0.717) is 0 Å². The average molecular weight is 378 g/mol. The standard InChI is InChI=1S/C20H11I/c21-18-11-10-16-14-7-2-5-12-4-1-6-13(19(12)14)15-8-3-9-17(18)20(15)16/h1-11H. The average Bonchev–Trinajstić information content (AvgIpc) is 2.54. The molecule has 0 atom stereocenters. The summed E-state index contributed by atoms with van der Waals surface area (Å²) >= 11 is 2.44. The zero-order valence-electron chi connectivity index (χ0n) is 11.2. The Morgan fingerprint density at radius 3 is 1.71 bits per heavy atom. The van der Waals surface area contributed by atoms with E-state index in [4.69, 9.17) is 0 Å². The van der Waals surface area contributed by atoms with Gasteiger partial charge in [-0.05, 0) is 71.7 Å². The number of hydrogen-bond acceptors (Lipinski definition) is 0. The fourth-order valence-corrected chi connectivity index (χ4v) is 4.24. The third-order valence-corrected chi connectivity index (χ3v) is 5.41. The van der Waals surface area contributed by atoms with Gasteiger partial charge in [0, 0.05) is 3.57 Å². The van der Waals surface area contributed by atoms with Gasteiger partial charge in [0.05, 0.1) is 0 Å². The third-order valence-electron chi connectivity index (χ3n) is 4.47. The van der Waals surface area contributed by atoms with Crippen LogP contribution in [0.15, 0.2) is 66.7 Å². The van der Waals surface area contributed by atoms with Crippen LogP contribution in [0.2, 0.25) is 0 Å². The monoisotopic (exact) mass is 378 g/mol. The number of halogens is 1. The number of hydrogen-bond donors (Lipinski definition) is 0. The highest BCUT2D eigenvalue weighted by Crippen LogP contribution is 2.40. The number of fused-ring (bicyclic) bond motifs is 2. The van der Waals surface area contributed by atoms with E-state index in [-0.39, 0.29) is 0 Å². The SMILES string of the molecule is Ic1ccc2c3cccc4cccc(c5cccc1c52)c43. The fraction of sp³-hybridized carbons (Fsp3) is 0. The molecule has 0 N–H and O–H groups in total. The van der Waals surface area contributed by atoms with Crippen molar-refractivity contribution >= 4 is 65.7 Å². The van der Waals surface area contributed by atoms with Crippen molar-refractivity contribution in [3.8, 4) is 0 Å². The summed E-state index contributed by atoms with van der Waals surface area (Å²) in [4.78, 5) is 0. The zero-order chi connectivity index (χ0) is 14.0. The number of rotatable bonds is 0. The highest BCUT2D eigenvalue weighted by atomic mass is 127. The quantitative estimate of drug-likeness (QED) is 0.168. The lowest BCUT2D eigenvalue weighted by molar-refractivity contribution is 1.75. The van der Waals surface area contributed by atoms with Crippen molar-refractivity contribution in [1.29, 1.82) is 0 Å². The maximum Gasteiger partial charge on any atom is 0.0209 e. The first-order valence-corrected chi connectivity index (χ1v) is 8.16. The molecule has 0 nitrogen and oxygen atoms in total. The van der Waals surface area contributed by atoms with Gasteiger partial charge in [-0.2, -0.15) is 0 Å². The van der Waals surface area contributed by atoms with Crippen LogP contribution in [-0.4, -0.2) is 0 Å². The molecular formula is C20H11I. The van der Waals surface area contributed by atoms with E-state index < -0.39 is 0 Å². The molecular weight excluding hydrogens is 367 g/mol. The predicted octanol–water partition coefficient (Wildman–Crippen LogP) is 6.34. The maximum atomic E-state index is 2.44. The van der Waals surface area contributed by atoms with E-state index in [9.17, 15) is 0 Å². The Bertz CT molecular complexity index is 1090. The second-order valence-electron chi connectivity index (χ2n) is 5.53. The summed E-state index contributed by atoms with van der Waals surface area (Å²) in [6, 6.07) is 24.4. The molecule has 0 spiro atoms. The first-order chi connectivity index (χ1) is 10.3. The lowest BCUT2D eigenvalue weighted by atomic mass is 9.90. The van der Waals surface area contributed by atoms with Crippen molar-refractivity contribution in [1.82, 2.24) is 0 Å². The summed E-state index contributed by atoms with van der Waals surface area (Å²) in [6.07, 6.45) is 0. The molecule has 0 radical (unpaired) electrons. The molecule has 0 aliphatic carbocycles. The molecule has 0 aliphatic heterocycles. The second-order valence-corrected chi connectivity index (χ2v) is 6.69. The van der Waals surface area contributed by atoms with Gasteiger partial charge in [-0.25, -0.2) is 0 Å². The highest BCUT2D eigenvalue weighted by molar-refractivity contribution is 14.1. The summed E-state index contributed by atoms with van der Waals surface area (Å²) in [5.41, 5.74) is 0. The van der Waals surface area contributed by atoms with Gasteiger partial charge < -0.3 is 0 Å². The van der Waals surface area contributed by atoms with E-state index in [1.165, 1.54) is 46.7 Å². The molecule has 0 saturated heterocycles. The smallest absolute Gasteiger partial charge is 0.0209 e. The van der Waals surface area contributed by atoms with Crippen LogP contribution in [0.4, 0.5) is 0 Å². The summed E-state index contributed by atoms with van der Waals surface area (Å²) in [5, 5.41) is 10.9.